The predicted molar refractivity (Wildman–Crippen MR) is 95.6 cm³/mol. The highest BCUT2D eigenvalue weighted by Crippen LogP contribution is 2.34. The van der Waals surface area contributed by atoms with E-state index in [-0.39, 0.29) is 11.1 Å². The van der Waals surface area contributed by atoms with E-state index >= 15 is 0 Å². The normalized spacial score (nSPS) is 12.3. The second kappa shape index (κ2) is 7.62. The summed E-state index contributed by atoms with van der Waals surface area (Å²) >= 11 is 1.65. The molecule has 0 saturated heterocycles. The van der Waals surface area contributed by atoms with Gasteiger partial charge in [-0.3, -0.25) is 0 Å². The Balaban J connectivity index is 1.77. The SMILES string of the molecule is CCn1c(Cc2ccccc2)nnc1SC(C)c1ccc(F)cc1. The molecule has 1 unspecified atom stereocenters. The van der Waals surface area contributed by atoms with Crippen LogP contribution in [-0.4, -0.2) is 14.8 Å². The minimum atomic E-state index is -0.210. The Morgan fingerprint density at radius 2 is 1.75 bits per heavy atom. The Labute approximate surface area is 145 Å². The van der Waals surface area contributed by atoms with Crippen molar-refractivity contribution in [3.8, 4) is 0 Å². The summed E-state index contributed by atoms with van der Waals surface area (Å²) in [5, 5.41) is 9.83. The molecule has 124 valence electrons. The predicted octanol–water partition coefficient (Wildman–Crippen LogP) is 4.88. The van der Waals surface area contributed by atoms with Crippen LogP contribution < -0.4 is 0 Å². The molecule has 0 aliphatic heterocycles. The van der Waals surface area contributed by atoms with Crippen LogP contribution in [0.3, 0.4) is 0 Å². The molecular formula is C19H20FN3S. The van der Waals surface area contributed by atoms with Gasteiger partial charge >= 0.3 is 0 Å². The van der Waals surface area contributed by atoms with Gasteiger partial charge in [0.25, 0.3) is 0 Å². The maximum Gasteiger partial charge on any atom is 0.191 e. The zero-order chi connectivity index (χ0) is 16.9. The van der Waals surface area contributed by atoms with Gasteiger partial charge in [0.15, 0.2) is 5.16 Å². The van der Waals surface area contributed by atoms with E-state index in [4.69, 9.17) is 0 Å². The molecule has 5 heteroatoms. The molecule has 0 bridgehead atoms. The van der Waals surface area contributed by atoms with Crippen molar-refractivity contribution in [1.82, 2.24) is 14.8 Å². The molecule has 0 aliphatic rings. The molecule has 0 aliphatic carbocycles. The van der Waals surface area contributed by atoms with Crippen molar-refractivity contribution in [1.29, 1.82) is 0 Å². The molecule has 1 heterocycles. The molecule has 0 saturated carbocycles. The van der Waals surface area contributed by atoms with Crippen LogP contribution in [0.25, 0.3) is 0 Å². The monoisotopic (exact) mass is 341 g/mol. The minimum Gasteiger partial charge on any atom is -0.306 e. The first kappa shape index (κ1) is 16.7. The third kappa shape index (κ3) is 3.85. The van der Waals surface area contributed by atoms with Gasteiger partial charge in [-0.05, 0) is 37.1 Å². The Hall–Kier alpha value is -2.14. The highest BCUT2D eigenvalue weighted by atomic mass is 32.2. The quantitative estimate of drug-likeness (QED) is 0.599. The zero-order valence-corrected chi connectivity index (χ0v) is 14.6. The van der Waals surface area contributed by atoms with Crippen molar-refractivity contribution in [2.45, 2.75) is 37.2 Å². The molecule has 0 fully saturated rings. The second-order valence-electron chi connectivity index (χ2n) is 5.62. The van der Waals surface area contributed by atoms with Gasteiger partial charge in [0.05, 0.1) is 0 Å². The molecule has 1 atom stereocenters. The fraction of sp³-hybridized carbons (Fsp3) is 0.263. The first-order valence-electron chi connectivity index (χ1n) is 8.05. The smallest absolute Gasteiger partial charge is 0.191 e. The van der Waals surface area contributed by atoms with Gasteiger partial charge in [-0.2, -0.15) is 0 Å². The van der Waals surface area contributed by atoms with E-state index in [0.717, 1.165) is 29.5 Å². The summed E-state index contributed by atoms with van der Waals surface area (Å²) in [5.74, 6) is 0.760. The van der Waals surface area contributed by atoms with Crippen molar-refractivity contribution in [2.24, 2.45) is 0 Å². The van der Waals surface area contributed by atoms with Gasteiger partial charge < -0.3 is 4.57 Å². The first-order chi connectivity index (χ1) is 11.7. The summed E-state index contributed by atoms with van der Waals surface area (Å²) in [6.07, 6.45) is 0.771. The van der Waals surface area contributed by atoms with Crippen LogP contribution in [0.2, 0.25) is 0 Å². The fourth-order valence-corrected chi connectivity index (χ4v) is 3.65. The standard InChI is InChI=1S/C19H20FN3S/c1-3-23-18(13-15-7-5-4-6-8-15)21-22-19(23)24-14(2)16-9-11-17(20)12-10-16/h4-12,14H,3,13H2,1-2H3. The van der Waals surface area contributed by atoms with Crippen LogP contribution in [0.15, 0.2) is 59.8 Å². The molecular weight excluding hydrogens is 321 g/mol. The van der Waals surface area contributed by atoms with Crippen LogP contribution in [-0.2, 0) is 13.0 Å². The maximum absolute atomic E-state index is 13.1. The Bertz CT molecular complexity index is 784. The van der Waals surface area contributed by atoms with Crippen molar-refractivity contribution in [3.63, 3.8) is 0 Å². The Morgan fingerprint density at radius 3 is 2.42 bits per heavy atom. The van der Waals surface area contributed by atoms with Gasteiger partial charge in [0.1, 0.15) is 11.6 Å². The number of benzene rings is 2. The summed E-state index contributed by atoms with van der Waals surface area (Å²) in [6.45, 7) is 5.03. The summed E-state index contributed by atoms with van der Waals surface area (Å²) in [6, 6.07) is 16.9. The molecule has 3 nitrogen and oxygen atoms in total. The van der Waals surface area contributed by atoms with Crippen molar-refractivity contribution >= 4 is 11.8 Å². The van der Waals surface area contributed by atoms with Crippen molar-refractivity contribution in [2.75, 3.05) is 0 Å². The molecule has 24 heavy (non-hydrogen) atoms. The fourth-order valence-electron chi connectivity index (χ4n) is 2.59. The van der Waals surface area contributed by atoms with Gasteiger partial charge in [-0.1, -0.05) is 54.2 Å². The summed E-state index contributed by atoms with van der Waals surface area (Å²) in [5.41, 5.74) is 2.30. The van der Waals surface area contributed by atoms with Crippen LogP contribution in [0.1, 0.15) is 36.0 Å². The van der Waals surface area contributed by atoms with Gasteiger partial charge in [0.2, 0.25) is 0 Å². The number of thioether (sulfide) groups is 1. The molecule has 1 aromatic heterocycles. The van der Waals surface area contributed by atoms with E-state index in [1.54, 1.807) is 11.8 Å². The number of nitrogens with zero attached hydrogens (tertiary/aromatic N) is 3. The zero-order valence-electron chi connectivity index (χ0n) is 13.8. The lowest BCUT2D eigenvalue weighted by Gasteiger charge is -2.12. The number of halogens is 1. The summed E-state index contributed by atoms with van der Waals surface area (Å²) < 4.78 is 15.2. The third-order valence-corrected chi connectivity index (χ3v) is 5.07. The second-order valence-corrected chi connectivity index (χ2v) is 6.93. The number of aromatic nitrogens is 3. The van der Waals surface area contributed by atoms with Crippen LogP contribution in [0.4, 0.5) is 4.39 Å². The lowest BCUT2D eigenvalue weighted by atomic mass is 10.1. The maximum atomic E-state index is 13.1. The Kier molecular flexibility index (Phi) is 5.30. The van der Waals surface area contributed by atoms with Crippen LogP contribution in [0.5, 0.6) is 0 Å². The van der Waals surface area contributed by atoms with Gasteiger partial charge in [-0.25, -0.2) is 4.39 Å². The Morgan fingerprint density at radius 1 is 1.04 bits per heavy atom. The van der Waals surface area contributed by atoms with Crippen LogP contribution in [0, 0.1) is 5.82 Å². The van der Waals surface area contributed by atoms with Gasteiger partial charge in [0, 0.05) is 18.2 Å². The highest BCUT2D eigenvalue weighted by Gasteiger charge is 2.16. The first-order valence-corrected chi connectivity index (χ1v) is 8.93. The topological polar surface area (TPSA) is 30.7 Å². The van der Waals surface area contributed by atoms with E-state index in [1.165, 1.54) is 17.7 Å². The van der Waals surface area contributed by atoms with Crippen molar-refractivity contribution < 1.29 is 4.39 Å². The molecule has 0 radical (unpaired) electrons. The van der Waals surface area contributed by atoms with E-state index in [1.807, 2.05) is 30.3 Å². The van der Waals surface area contributed by atoms with E-state index in [0.29, 0.717) is 0 Å². The summed E-state index contributed by atoms with van der Waals surface area (Å²) in [4.78, 5) is 0. The molecule has 3 rings (SSSR count). The number of hydrogen-bond acceptors (Lipinski definition) is 3. The van der Waals surface area contributed by atoms with Gasteiger partial charge in [-0.15, -0.1) is 10.2 Å². The van der Waals surface area contributed by atoms with Crippen LogP contribution >= 0.6 is 11.8 Å². The largest absolute Gasteiger partial charge is 0.306 e. The number of rotatable bonds is 6. The van der Waals surface area contributed by atoms with E-state index in [9.17, 15) is 4.39 Å². The highest BCUT2D eigenvalue weighted by molar-refractivity contribution is 7.99. The van der Waals surface area contributed by atoms with E-state index in [2.05, 4.69) is 40.7 Å². The molecule has 2 aromatic carbocycles. The average Bonchev–Trinajstić information content (AvgIpc) is 2.97. The number of hydrogen-bond donors (Lipinski definition) is 0. The lowest BCUT2D eigenvalue weighted by molar-refractivity contribution is 0.627. The minimum absolute atomic E-state index is 0.185. The van der Waals surface area contributed by atoms with Crippen molar-refractivity contribution in [3.05, 3.63) is 77.4 Å². The molecule has 0 N–H and O–H groups in total. The average molecular weight is 341 g/mol. The molecule has 3 aromatic rings. The summed E-state index contributed by atoms with van der Waals surface area (Å²) in [7, 11) is 0. The lowest BCUT2D eigenvalue weighted by Crippen LogP contribution is -2.04. The van der Waals surface area contributed by atoms with E-state index < -0.39 is 0 Å². The molecule has 0 spiro atoms. The third-order valence-electron chi connectivity index (χ3n) is 3.94. The molecule has 0 amide bonds.